The molecule has 0 aliphatic carbocycles. The zero-order chi connectivity index (χ0) is 9.35. The minimum atomic E-state index is -1.07. The van der Waals surface area contributed by atoms with Gasteiger partial charge in [-0.2, -0.15) is 0 Å². The third-order valence-electron chi connectivity index (χ3n) is 2.37. The summed E-state index contributed by atoms with van der Waals surface area (Å²) in [5.41, 5.74) is 1.46. The van der Waals surface area contributed by atoms with Crippen LogP contribution in [0.15, 0.2) is 18.2 Å². The van der Waals surface area contributed by atoms with Crippen molar-refractivity contribution in [1.82, 2.24) is 0 Å². The molecule has 66 valence electrons. The van der Waals surface area contributed by atoms with Crippen LogP contribution in [-0.4, -0.2) is 18.3 Å². The van der Waals surface area contributed by atoms with Crippen molar-refractivity contribution in [2.24, 2.45) is 0 Å². The number of hydrogen-bond acceptors (Lipinski definition) is 0. The highest BCUT2D eigenvalue weighted by Crippen LogP contribution is 2.01. The van der Waals surface area contributed by atoms with Crippen molar-refractivity contribution < 1.29 is 0 Å². The second-order valence-corrected chi connectivity index (χ2v) is 10.7. The fourth-order valence-corrected chi connectivity index (χ4v) is 3.21. The average molecular weight is 194 g/mol. The maximum Gasteiger partial charge on any atom is 0.0775 e. The number of aryl methyl sites for hydroxylation is 1. The molecule has 0 bridgehead atoms. The topological polar surface area (TPSA) is 0 Å². The molecule has 0 heterocycles. The summed E-state index contributed by atoms with van der Waals surface area (Å²) in [5, 5.41) is 3.16. The van der Waals surface area contributed by atoms with E-state index in [0.717, 1.165) is 0 Å². The molecule has 1 rings (SSSR count). The lowest BCUT2D eigenvalue weighted by atomic mass is 10.2. The van der Waals surface area contributed by atoms with Gasteiger partial charge in [-0.25, -0.2) is 0 Å². The molecule has 0 saturated carbocycles. The van der Waals surface area contributed by atoms with Crippen molar-refractivity contribution in [2.45, 2.75) is 26.6 Å². The lowest BCUT2D eigenvalue weighted by Gasteiger charge is -2.17. The average Bonchev–Trinajstić information content (AvgIpc) is 1.92. The molecule has 0 unspecified atom stereocenters. The van der Waals surface area contributed by atoms with Gasteiger partial charge in [0.1, 0.15) is 0 Å². The van der Waals surface area contributed by atoms with Gasteiger partial charge in [-0.15, -0.1) is 0 Å². The Labute approximate surface area is 79.4 Å². The van der Waals surface area contributed by atoms with E-state index in [1.165, 1.54) is 15.8 Å². The number of benzene rings is 1. The van der Waals surface area contributed by atoms with Crippen LogP contribution in [0.5, 0.6) is 0 Å². The van der Waals surface area contributed by atoms with Crippen LogP contribution in [0.4, 0.5) is 0 Å². The van der Waals surface area contributed by atoms with Crippen LogP contribution in [-0.2, 0) is 0 Å². The third kappa shape index (κ3) is 2.08. The van der Waals surface area contributed by atoms with E-state index in [-0.39, 0.29) is 0 Å². The first-order chi connectivity index (χ1) is 5.41. The second kappa shape index (κ2) is 3.19. The molecule has 0 N–H and O–H groups in total. The fourth-order valence-electron chi connectivity index (χ4n) is 1.21. The molecule has 0 saturated heterocycles. The molecule has 0 spiro atoms. The van der Waals surface area contributed by atoms with E-state index in [2.05, 4.69) is 44.8 Å². The van der Waals surface area contributed by atoms with Gasteiger partial charge in [0, 0.05) is 10.2 Å². The van der Waals surface area contributed by atoms with E-state index in [0.29, 0.717) is 0 Å². The SMILES string of the molecule is Cc1ccc([Si](C)(C)C)cc1[SiH3]. The summed E-state index contributed by atoms with van der Waals surface area (Å²) in [6, 6.07) is 6.99. The Morgan fingerprint density at radius 2 is 1.75 bits per heavy atom. The van der Waals surface area contributed by atoms with Crippen LogP contribution in [0.3, 0.4) is 0 Å². The van der Waals surface area contributed by atoms with E-state index in [4.69, 9.17) is 0 Å². The highest BCUT2D eigenvalue weighted by Gasteiger charge is 2.15. The summed E-state index contributed by atoms with van der Waals surface area (Å²) >= 11 is 0. The molecule has 0 aliphatic heterocycles. The zero-order valence-electron chi connectivity index (χ0n) is 8.73. The normalized spacial score (nSPS) is 12.0. The molecule has 0 radical (unpaired) electrons. The van der Waals surface area contributed by atoms with Crippen LogP contribution >= 0.6 is 0 Å². The molecule has 0 fully saturated rings. The highest BCUT2D eigenvalue weighted by molar-refractivity contribution is 6.88. The van der Waals surface area contributed by atoms with E-state index in [1.54, 1.807) is 10.4 Å². The molecule has 1 aromatic carbocycles. The van der Waals surface area contributed by atoms with Gasteiger partial charge in [0.2, 0.25) is 0 Å². The van der Waals surface area contributed by atoms with Gasteiger partial charge in [-0.05, 0) is 6.92 Å². The lowest BCUT2D eigenvalue weighted by Crippen LogP contribution is -2.39. The van der Waals surface area contributed by atoms with E-state index in [1.807, 2.05) is 0 Å². The van der Waals surface area contributed by atoms with Crippen molar-refractivity contribution in [1.29, 1.82) is 0 Å². The Morgan fingerprint density at radius 3 is 2.17 bits per heavy atom. The maximum absolute atomic E-state index is 2.41. The van der Waals surface area contributed by atoms with Gasteiger partial charge in [0.05, 0.1) is 8.07 Å². The molecule has 0 aliphatic rings. The van der Waals surface area contributed by atoms with Crippen molar-refractivity contribution in [2.75, 3.05) is 0 Å². The third-order valence-corrected chi connectivity index (χ3v) is 5.49. The van der Waals surface area contributed by atoms with Crippen LogP contribution in [0.1, 0.15) is 5.56 Å². The Morgan fingerprint density at radius 1 is 1.17 bits per heavy atom. The Kier molecular flexibility index (Phi) is 2.59. The summed E-state index contributed by atoms with van der Waals surface area (Å²) in [7, 11) is 0.115. The first-order valence-electron chi connectivity index (χ1n) is 4.49. The smallest absolute Gasteiger partial charge is 0.0680 e. The fraction of sp³-hybridized carbons (Fsp3) is 0.400. The molecule has 0 aromatic heterocycles. The quantitative estimate of drug-likeness (QED) is 0.572. The van der Waals surface area contributed by atoms with Gasteiger partial charge < -0.3 is 0 Å². The minimum Gasteiger partial charge on any atom is -0.0680 e. The van der Waals surface area contributed by atoms with Gasteiger partial charge in [0.15, 0.2) is 0 Å². The first-order valence-corrected chi connectivity index (χ1v) is 8.99. The van der Waals surface area contributed by atoms with Crippen LogP contribution in [0.25, 0.3) is 0 Å². The molecule has 0 nitrogen and oxygen atoms in total. The number of rotatable bonds is 1. The minimum absolute atomic E-state index is 1.07. The summed E-state index contributed by atoms with van der Waals surface area (Å²) in [6.45, 7) is 9.41. The molecule has 0 amide bonds. The summed E-state index contributed by atoms with van der Waals surface area (Å²) < 4.78 is 0. The Bertz CT molecular complexity index is 284. The largest absolute Gasteiger partial charge is 0.0775 e. The molecule has 2 heteroatoms. The van der Waals surface area contributed by atoms with Crippen molar-refractivity contribution in [3.63, 3.8) is 0 Å². The summed E-state index contributed by atoms with van der Waals surface area (Å²) in [5.74, 6) is 0. The predicted molar refractivity (Wildman–Crippen MR) is 63.7 cm³/mol. The molecule has 12 heavy (non-hydrogen) atoms. The summed E-state index contributed by atoms with van der Waals surface area (Å²) in [6.07, 6.45) is 0. The number of hydrogen-bond donors (Lipinski definition) is 0. The first kappa shape index (κ1) is 9.74. The Hall–Kier alpha value is -0.346. The van der Waals surface area contributed by atoms with Crippen molar-refractivity contribution in [3.8, 4) is 0 Å². The van der Waals surface area contributed by atoms with Crippen molar-refractivity contribution >= 4 is 28.7 Å². The van der Waals surface area contributed by atoms with Crippen LogP contribution < -0.4 is 10.4 Å². The van der Waals surface area contributed by atoms with E-state index < -0.39 is 8.07 Å². The molecule has 1 aromatic rings. The molecule has 0 atom stereocenters. The van der Waals surface area contributed by atoms with Gasteiger partial charge in [-0.3, -0.25) is 0 Å². The standard InChI is InChI=1S/C10H18Si2/c1-8-5-6-9(7-10(8)11)12(2,3)4/h5-7H,1-4,11H3. The van der Waals surface area contributed by atoms with Crippen LogP contribution in [0.2, 0.25) is 19.6 Å². The van der Waals surface area contributed by atoms with E-state index in [9.17, 15) is 0 Å². The van der Waals surface area contributed by atoms with E-state index >= 15 is 0 Å². The monoisotopic (exact) mass is 194 g/mol. The molecular formula is C10H18Si2. The second-order valence-electron chi connectivity index (χ2n) is 4.55. The summed E-state index contributed by atoms with van der Waals surface area (Å²) in [4.78, 5) is 0. The van der Waals surface area contributed by atoms with Crippen LogP contribution in [0, 0.1) is 6.92 Å². The zero-order valence-corrected chi connectivity index (χ0v) is 11.7. The maximum atomic E-state index is 2.41. The van der Waals surface area contributed by atoms with Gasteiger partial charge >= 0.3 is 0 Å². The molecular weight excluding hydrogens is 176 g/mol. The van der Waals surface area contributed by atoms with Gasteiger partial charge in [0.25, 0.3) is 0 Å². The van der Waals surface area contributed by atoms with Crippen molar-refractivity contribution in [3.05, 3.63) is 23.8 Å². The Balaban J connectivity index is 3.14. The highest BCUT2D eigenvalue weighted by atomic mass is 28.3. The predicted octanol–water partition coefficient (Wildman–Crippen LogP) is 0.531. The van der Waals surface area contributed by atoms with Gasteiger partial charge in [-0.1, -0.05) is 53.8 Å². The lowest BCUT2D eigenvalue weighted by molar-refractivity contribution is 1.52.